The summed E-state index contributed by atoms with van der Waals surface area (Å²) in [5, 5.41) is 0.734. The lowest BCUT2D eigenvalue weighted by molar-refractivity contribution is 0.596. The SMILES string of the molecule is CN(Cc1ccc(S(=O)(=O)c2ccccc2)cc1)c1ccc2nc(N)nc(N)c2c1. The smallest absolute Gasteiger partial charge is 0.222 e. The van der Waals surface area contributed by atoms with E-state index in [0.29, 0.717) is 17.9 Å². The number of nitrogens with two attached hydrogens (primary N) is 2. The minimum Gasteiger partial charge on any atom is -0.383 e. The van der Waals surface area contributed by atoms with Crippen LogP contribution in [0.25, 0.3) is 10.9 Å². The molecule has 0 spiro atoms. The molecule has 1 heterocycles. The lowest BCUT2D eigenvalue weighted by Gasteiger charge is -2.20. The van der Waals surface area contributed by atoms with E-state index in [9.17, 15) is 8.42 Å². The van der Waals surface area contributed by atoms with Crippen LogP contribution >= 0.6 is 0 Å². The summed E-state index contributed by atoms with van der Waals surface area (Å²) >= 11 is 0. The molecular formula is C22H21N5O2S. The zero-order valence-electron chi connectivity index (χ0n) is 16.4. The Morgan fingerprint density at radius 2 is 1.53 bits per heavy atom. The van der Waals surface area contributed by atoms with Crippen molar-refractivity contribution in [3.63, 3.8) is 0 Å². The van der Waals surface area contributed by atoms with Crippen LogP contribution in [0.15, 0.2) is 82.6 Å². The summed E-state index contributed by atoms with van der Waals surface area (Å²) in [6.45, 7) is 0.590. The standard InChI is InChI=1S/C22H21N5O2S/c1-27(16-9-12-20-19(13-16)21(23)26-22(24)25-20)14-15-7-10-18(11-8-15)30(28,29)17-5-3-2-4-6-17/h2-13H,14H2,1H3,(H4,23,24,25,26). The highest BCUT2D eigenvalue weighted by atomic mass is 32.2. The first-order valence-corrected chi connectivity index (χ1v) is 10.8. The number of sulfone groups is 1. The number of hydrogen-bond donors (Lipinski definition) is 2. The molecule has 7 nitrogen and oxygen atoms in total. The van der Waals surface area contributed by atoms with Crippen LogP contribution in [-0.4, -0.2) is 25.4 Å². The molecule has 0 aliphatic rings. The summed E-state index contributed by atoms with van der Waals surface area (Å²) in [6.07, 6.45) is 0. The van der Waals surface area contributed by atoms with Crippen molar-refractivity contribution in [1.29, 1.82) is 0 Å². The van der Waals surface area contributed by atoms with Crippen molar-refractivity contribution in [2.75, 3.05) is 23.4 Å². The van der Waals surface area contributed by atoms with Crippen LogP contribution in [0.1, 0.15) is 5.56 Å². The van der Waals surface area contributed by atoms with E-state index in [1.165, 1.54) is 0 Å². The highest BCUT2D eigenvalue weighted by Crippen LogP contribution is 2.26. The predicted molar refractivity (Wildman–Crippen MR) is 119 cm³/mol. The van der Waals surface area contributed by atoms with Gasteiger partial charge in [-0.1, -0.05) is 30.3 Å². The fourth-order valence-electron chi connectivity index (χ4n) is 3.27. The molecule has 8 heteroatoms. The molecule has 0 atom stereocenters. The number of rotatable bonds is 5. The van der Waals surface area contributed by atoms with Crippen molar-refractivity contribution in [3.05, 3.63) is 78.4 Å². The Morgan fingerprint density at radius 3 is 2.23 bits per heavy atom. The fourth-order valence-corrected chi connectivity index (χ4v) is 4.55. The van der Waals surface area contributed by atoms with Crippen molar-refractivity contribution >= 4 is 38.2 Å². The molecule has 4 rings (SSSR count). The lowest BCUT2D eigenvalue weighted by Crippen LogP contribution is -2.16. The Kier molecular flexibility index (Phi) is 5.01. The van der Waals surface area contributed by atoms with E-state index in [2.05, 4.69) is 9.97 Å². The molecule has 0 aliphatic carbocycles. The number of fused-ring (bicyclic) bond motifs is 1. The summed E-state index contributed by atoms with van der Waals surface area (Å²) in [5.41, 5.74) is 14.2. The van der Waals surface area contributed by atoms with E-state index in [-0.39, 0.29) is 15.7 Å². The first-order chi connectivity index (χ1) is 14.3. The van der Waals surface area contributed by atoms with Crippen molar-refractivity contribution in [2.24, 2.45) is 0 Å². The van der Waals surface area contributed by atoms with Gasteiger partial charge in [0.15, 0.2) is 0 Å². The summed E-state index contributed by atoms with van der Waals surface area (Å²) < 4.78 is 25.5. The second-order valence-corrected chi connectivity index (χ2v) is 8.93. The molecule has 0 saturated carbocycles. The van der Waals surface area contributed by atoms with Gasteiger partial charge in [-0.05, 0) is 48.0 Å². The molecule has 4 aromatic rings. The molecule has 0 fully saturated rings. The maximum atomic E-state index is 12.7. The predicted octanol–water partition coefficient (Wildman–Crippen LogP) is 3.26. The van der Waals surface area contributed by atoms with Gasteiger partial charge < -0.3 is 16.4 Å². The molecule has 0 aliphatic heterocycles. The van der Waals surface area contributed by atoms with E-state index >= 15 is 0 Å². The molecule has 0 bridgehead atoms. The van der Waals surface area contributed by atoms with Gasteiger partial charge in [0.1, 0.15) is 5.82 Å². The zero-order valence-corrected chi connectivity index (χ0v) is 17.2. The highest BCUT2D eigenvalue weighted by molar-refractivity contribution is 7.91. The first-order valence-electron chi connectivity index (χ1n) is 9.27. The average molecular weight is 420 g/mol. The van der Waals surface area contributed by atoms with E-state index in [1.54, 1.807) is 42.5 Å². The normalized spacial score (nSPS) is 11.5. The van der Waals surface area contributed by atoms with Crippen molar-refractivity contribution < 1.29 is 8.42 Å². The molecule has 1 aromatic heterocycles. The largest absolute Gasteiger partial charge is 0.383 e. The van der Waals surface area contributed by atoms with Gasteiger partial charge in [0, 0.05) is 24.7 Å². The Bertz CT molecular complexity index is 1310. The number of anilines is 3. The topological polar surface area (TPSA) is 115 Å². The molecule has 0 saturated heterocycles. The van der Waals surface area contributed by atoms with Gasteiger partial charge >= 0.3 is 0 Å². The van der Waals surface area contributed by atoms with Gasteiger partial charge in [-0.2, -0.15) is 4.98 Å². The van der Waals surface area contributed by atoms with Gasteiger partial charge in [0.2, 0.25) is 15.8 Å². The lowest BCUT2D eigenvalue weighted by atomic mass is 10.1. The Hall–Kier alpha value is -3.65. The monoisotopic (exact) mass is 419 g/mol. The second kappa shape index (κ2) is 7.64. The van der Waals surface area contributed by atoms with E-state index in [0.717, 1.165) is 16.6 Å². The van der Waals surface area contributed by atoms with Gasteiger partial charge in [0.05, 0.1) is 15.3 Å². The van der Waals surface area contributed by atoms with E-state index in [4.69, 9.17) is 11.5 Å². The van der Waals surface area contributed by atoms with Crippen molar-refractivity contribution in [2.45, 2.75) is 16.3 Å². The molecule has 0 radical (unpaired) electrons. The third-order valence-electron chi connectivity index (χ3n) is 4.87. The number of hydrogen-bond acceptors (Lipinski definition) is 7. The van der Waals surface area contributed by atoms with Crippen LogP contribution in [0.4, 0.5) is 17.5 Å². The molecule has 0 unspecified atom stereocenters. The minimum absolute atomic E-state index is 0.145. The van der Waals surface area contributed by atoms with Gasteiger partial charge in [0.25, 0.3) is 0 Å². The molecule has 0 amide bonds. The number of aromatic nitrogens is 2. The van der Waals surface area contributed by atoms with Crippen LogP contribution in [-0.2, 0) is 16.4 Å². The molecule has 3 aromatic carbocycles. The molecule has 152 valence electrons. The van der Waals surface area contributed by atoms with Crippen LogP contribution in [0.2, 0.25) is 0 Å². The number of nitrogen functional groups attached to an aromatic ring is 2. The maximum Gasteiger partial charge on any atom is 0.222 e. The summed E-state index contributed by atoms with van der Waals surface area (Å²) in [5.74, 6) is 0.481. The third-order valence-corrected chi connectivity index (χ3v) is 6.66. The highest BCUT2D eigenvalue weighted by Gasteiger charge is 2.17. The van der Waals surface area contributed by atoms with Crippen molar-refractivity contribution in [1.82, 2.24) is 9.97 Å². The van der Waals surface area contributed by atoms with Crippen molar-refractivity contribution in [3.8, 4) is 0 Å². The summed E-state index contributed by atoms with van der Waals surface area (Å²) in [7, 11) is -1.57. The van der Waals surface area contributed by atoms with Crippen LogP contribution < -0.4 is 16.4 Å². The average Bonchev–Trinajstić information content (AvgIpc) is 2.74. The number of benzene rings is 3. The van der Waals surface area contributed by atoms with Gasteiger partial charge in [-0.3, -0.25) is 0 Å². The summed E-state index contributed by atoms with van der Waals surface area (Å²) in [6, 6.07) is 21.0. The van der Waals surface area contributed by atoms with Crippen LogP contribution in [0.3, 0.4) is 0 Å². The van der Waals surface area contributed by atoms with E-state index in [1.807, 2.05) is 42.3 Å². The quantitative estimate of drug-likeness (QED) is 0.510. The van der Waals surface area contributed by atoms with Gasteiger partial charge in [-0.25, -0.2) is 13.4 Å². The fraction of sp³-hybridized carbons (Fsp3) is 0.0909. The van der Waals surface area contributed by atoms with Gasteiger partial charge in [-0.15, -0.1) is 0 Å². The van der Waals surface area contributed by atoms with Crippen LogP contribution in [0.5, 0.6) is 0 Å². The van der Waals surface area contributed by atoms with E-state index < -0.39 is 9.84 Å². The Labute approximate surface area is 174 Å². The zero-order chi connectivity index (χ0) is 21.3. The molecule has 4 N–H and O–H groups in total. The second-order valence-electron chi connectivity index (χ2n) is 6.99. The minimum atomic E-state index is -3.52. The Balaban J connectivity index is 1.56. The Morgan fingerprint density at radius 1 is 0.867 bits per heavy atom. The maximum absolute atomic E-state index is 12.7. The number of nitrogens with zero attached hydrogens (tertiary/aromatic N) is 3. The molecule has 30 heavy (non-hydrogen) atoms. The first kappa shape index (κ1) is 19.7. The summed E-state index contributed by atoms with van der Waals surface area (Å²) in [4.78, 5) is 10.8. The van der Waals surface area contributed by atoms with Crippen LogP contribution in [0, 0.1) is 0 Å². The molecular weight excluding hydrogens is 398 g/mol. The third kappa shape index (κ3) is 3.77.